The molecule has 156 valence electrons. The number of carbonyl (C=O) groups is 2. The van der Waals surface area contributed by atoms with Crippen LogP contribution in [0.3, 0.4) is 0 Å². The van der Waals surface area contributed by atoms with Crippen LogP contribution in [0.5, 0.6) is 0 Å². The van der Waals surface area contributed by atoms with Gasteiger partial charge in [-0.05, 0) is 50.3 Å². The molecule has 1 aliphatic carbocycles. The summed E-state index contributed by atoms with van der Waals surface area (Å²) in [5.74, 6) is -0.975. The Kier molecular flexibility index (Phi) is 5.97. The van der Waals surface area contributed by atoms with Crippen molar-refractivity contribution in [1.82, 2.24) is 0 Å². The van der Waals surface area contributed by atoms with Crippen LogP contribution in [0.25, 0.3) is 0 Å². The first-order chi connectivity index (χ1) is 13.7. The molecule has 1 aromatic carbocycles. The molecule has 5 nitrogen and oxygen atoms in total. The van der Waals surface area contributed by atoms with Crippen LogP contribution in [0.2, 0.25) is 0 Å². The number of allylic oxidation sites excluding steroid dienone is 1. The van der Waals surface area contributed by atoms with E-state index in [0.29, 0.717) is 17.7 Å². The van der Waals surface area contributed by atoms with Crippen molar-refractivity contribution < 1.29 is 14.3 Å². The topological polar surface area (TPSA) is 59.0 Å². The van der Waals surface area contributed by atoms with Crippen LogP contribution < -0.4 is 4.90 Å². The van der Waals surface area contributed by atoms with Crippen molar-refractivity contribution in [2.75, 3.05) is 25.1 Å². The Morgan fingerprint density at radius 1 is 1.14 bits per heavy atom. The highest BCUT2D eigenvalue weighted by Gasteiger charge is 2.47. The van der Waals surface area contributed by atoms with Gasteiger partial charge in [0.25, 0.3) is 0 Å². The molecule has 1 unspecified atom stereocenters. The largest absolute Gasteiger partial charge is 0.466 e. The lowest BCUT2D eigenvalue weighted by molar-refractivity contribution is -0.136. The third-order valence-electron chi connectivity index (χ3n) is 6.15. The van der Waals surface area contributed by atoms with Gasteiger partial charge in [-0.1, -0.05) is 26.0 Å². The molecule has 3 rings (SSSR count). The average molecular weight is 397 g/mol. The second-order valence-electron chi connectivity index (χ2n) is 8.80. The first kappa shape index (κ1) is 21.3. The van der Waals surface area contributed by atoms with E-state index in [-0.39, 0.29) is 23.0 Å². The number of ether oxygens (including phenoxy) is 1. The van der Waals surface area contributed by atoms with E-state index < -0.39 is 5.97 Å². The van der Waals surface area contributed by atoms with E-state index in [1.807, 2.05) is 19.1 Å². The summed E-state index contributed by atoms with van der Waals surface area (Å²) in [6.07, 6.45) is 1.27. The minimum atomic E-state index is -0.402. The number of methoxy groups -OCH3 is 1. The Balaban J connectivity index is 2.10. The number of hydrogen-bond acceptors (Lipinski definition) is 5. The monoisotopic (exact) mass is 396 g/mol. The van der Waals surface area contributed by atoms with E-state index in [1.165, 1.54) is 7.11 Å². The van der Waals surface area contributed by atoms with Crippen molar-refractivity contribution in [3.63, 3.8) is 0 Å². The number of nitrogens with zero attached hydrogens (tertiary/aromatic N) is 2. The van der Waals surface area contributed by atoms with Crippen LogP contribution in [0.15, 0.2) is 40.5 Å². The van der Waals surface area contributed by atoms with Crippen LogP contribution >= 0.6 is 0 Å². The molecule has 0 N–H and O–H groups in total. The second kappa shape index (κ2) is 8.13. The van der Waals surface area contributed by atoms with E-state index in [0.717, 1.165) is 36.5 Å². The Labute approximate surface area is 173 Å². The Bertz CT molecular complexity index is 861. The van der Waals surface area contributed by atoms with Gasteiger partial charge in [-0.2, -0.15) is 0 Å². The second-order valence-corrected chi connectivity index (χ2v) is 8.80. The first-order valence-electron chi connectivity index (χ1n) is 10.5. The fourth-order valence-electron chi connectivity index (χ4n) is 4.81. The number of benzene rings is 1. The van der Waals surface area contributed by atoms with Crippen LogP contribution in [0.1, 0.15) is 58.9 Å². The third-order valence-corrected chi connectivity index (χ3v) is 6.15. The third kappa shape index (κ3) is 4.00. The predicted octanol–water partition coefficient (Wildman–Crippen LogP) is 4.52. The number of ketones is 1. The van der Waals surface area contributed by atoms with E-state index in [2.05, 4.69) is 44.7 Å². The number of aliphatic imine (C=N–C) groups is 1. The molecule has 0 saturated heterocycles. The molecule has 1 saturated carbocycles. The molecule has 1 aliphatic heterocycles. The Hall–Kier alpha value is -2.43. The molecule has 0 amide bonds. The molecule has 0 aromatic heterocycles. The zero-order valence-electron chi connectivity index (χ0n) is 18.4. The van der Waals surface area contributed by atoms with Crippen LogP contribution in [0.4, 0.5) is 5.69 Å². The number of esters is 1. The van der Waals surface area contributed by atoms with Gasteiger partial charge in [0.1, 0.15) is 5.78 Å². The lowest BCUT2D eigenvalue weighted by atomic mass is 9.63. The van der Waals surface area contributed by atoms with Gasteiger partial charge in [-0.3, -0.25) is 9.79 Å². The van der Waals surface area contributed by atoms with Gasteiger partial charge in [0.2, 0.25) is 0 Å². The Morgan fingerprint density at radius 3 is 2.31 bits per heavy atom. The molecule has 1 heterocycles. The van der Waals surface area contributed by atoms with Gasteiger partial charge in [0, 0.05) is 42.5 Å². The number of carbonyl (C=O) groups excluding carboxylic acids is 2. The lowest BCUT2D eigenvalue weighted by Gasteiger charge is -2.41. The predicted molar refractivity (Wildman–Crippen MR) is 116 cm³/mol. The van der Waals surface area contributed by atoms with Gasteiger partial charge in [0.15, 0.2) is 0 Å². The molecule has 0 bridgehead atoms. The van der Waals surface area contributed by atoms with Gasteiger partial charge in [-0.25, -0.2) is 4.79 Å². The maximum absolute atomic E-state index is 13.2. The highest BCUT2D eigenvalue weighted by molar-refractivity contribution is 6.12. The summed E-state index contributed by atoms with van der Waals surface area (Å²) < 4.78 is 5.08. The van der Waals surface area contributed by atoms with Crippen molar-refractivity contribution in [3.05, 3.63) is 41.1 Å². The van der Waals surface area contributed by atoms with E-state index in [4.69, 9.17) is 9.73 Å². The fraction of sp³-hybridized carbons (Fsp3) is 0.542. The summed E-state index contributed by atoms with van der Waals surface area (Å²) in [4.78, 5) is 32.9. The maximum atomic E-state index is 13.2. The Morgan fingerprint density at radius 2 is 1.76 bits per heavy atom. The smallest absolute Gasteiger partial charge is 0.336 e. The standard InChI is InChI=1S/C24H32N2O3/c1-7-26(8-2)17-11-9-16(10-12-17)21-20(23(28)29-6)15(3)25-18-13-24(4,5)14-19(27)22(18)21/h9-12,21-22H,7-8,13-14H2,1-6H3/t21-,22?/m1/s1. The number of Topliss-reactive ketones (excluding diaryl/α,β-unsaturated/α-hetero) is 1. The minimum absolute atomic E-state index is 0.105. The minimum Gasteiger partial charge on any atom is -0.466 e. The molecule has 5 heteroatoms. The highest BCUT2D eigenvalue weighted by Crippen LogP contribution is 2.47. The molecule has 0 radical (unpaired) electrons. The number of anilines is 1. The number of rotatable bonds is 5. The molecule has 2 aliphatic rings. The highest BCUT2D eigenvalue weighted by atomic mass is 16.5. The van der Waals surface area contributed by atoms with Crippen LogP contribution in [0, 0.1) is 11.3 Å². The quantitative estimate of drug-likeness (QED) is 0.687. The summed E-state index contributed by atoms with van der Waals surface area (Å²) in [6, 6.07) is 8.25. The van der Waals surface area contributed by atoms with Crippen molar-refractivity contribution in [2.45, 2.75) is 53.4 Å². The molecule has 2 atom stereocenters. The number of hydrogen-bond donors (Lipinski definition) is 0. The summed E-state index contributed by atoms with van der Waals surface area (Å²) in [5, 5.41) is 0. The van der Waals surface area contributed by atoms with Crippen molar-refractivity contribution >= 4 is 23.2 Å². The molecule has 1 fully saturated rings. The summed E-state index contributed by atoms with van der Waals surface area (Å²) in [7, 11) is 1.38. The van der Waals surface area contributed by atoms with Crippen molar-refractivity contribution in [3.8, 4) is 0 Å². The normalized spacial score (nSPS) is 23.4. The SMILES string of the molecule is CCN(CC)c1ccc([C@@H]2C(C(=O)OC)=C(C)N=C3CC(C)(C)CC(=O)C32)cc1. The molecular weight excluding hydrogens is 364 g/mol. The lowest BCUT2D eigenvalue weighted by Crippen LogP contribution is -2.44. The van der Waals surface area contributed by atoms with Gasteiger partial charge in [-0.15, -0.1) is 0 Å². The van der Waals surface area contributed by atoms with Crippen molar-refractivity contribution in [1.29, 1.82) is 0 Å². The molecule has 29 heavy (non-hydrogen) atoms. The van der Waals surface area contributed by atoms with Crippen LogP contribution in [-0.2, 0) is 14.3 Å². The molecule has 1 aromatic rings. The zero-order valence-corrected chi connectivity index (χ0v) is 18.4. The maximum Gasteiger partial charge on any atom is 0.336 e. The fourth-order valence-corrected chi connectivity index (χ4v) is 4.81. The van der Waals surface area contributed by atoms with E-state index in [9.17, 15) is 9.59 Å². The number of fused-ring (bicyclic) bond motifs is 1. The molecular formula is C24H32N2O3. The molecule has 0 spiro atoms. The van der Waals surface area contributed by atoms with Gasteiger partial charge < -0.3 is 9.64 Å². The summed E-state index contributed by atoms with van der Waals surface area (Å²) in [6.45, 7) is 12.2. The van der Waals surface area contributed by atoms with E-state index in [1.54, 1.807) is 0 Å². The van der Waals surface area contributed by atoms with E-state index >= 15 is 0 Å². The van der Waals surface area contributed by atoms with Crippen molar-refractivity contribution in [2.24, 2.45) is 16.3 Å². The first-order valence-corrected chi connectivity index (χ1v) is 10.5. The zero-order chi connectivity index (χ0) is 21.3. The van der Waals surface area contributed by atoms with Crippen LogP contribution in [-0.4, -0.2) is 37.7 Å². The van der Waals surface area contributed by atoms with Gasteiger partial charge in [0.05, 0.1) is 18.6 Å². The summed E-state index contributed by atoms with van der Waals surface area (Å²) >= 11 is 0. The average Bonchev–Trinajstić information content (AvgIpc) is 2.67. The van der Waals surface area contributed by atoms with Gasteiger partial charge >= 0.3 is 5.97 Å². The summed E-state index contributed by atoms with van der Waals surface area (Å²) in [5.41, 5.74) is 4.06.